The molecule has 1 amide bonds. The molecule has 1 heterocycles. The van der Waals surface area contributed by atoms with E-state index in [0.29, 0.717) is 11.6 Å². The number of amides is 1. The minimum atomic E-state index is -0.840. The molecule has 0 radical (unpaired) electrons. The van der Waals surface area contributed by atoms with Crippen molar-refractivity contribution in [1.82, 2.24) is 4.90 Å². The molecule has 5 fully saturated rings. The molecule has 1 saturated heterocycles. The third-order valence-electron chi connectivity index (χ3n) is 5.92. The fraction of sp³-hybridized carbons (Fsp3) is 0.867. The number of carboxylic acids is 1. The number of hydrogen-bond acceptors (Lipinski definition) is 3. The Balaban J connectivity index is 1.60. The van der Waals surface area contributed by atoms with Crippen LogP contribution in [0.15, 0.2) is 0 Å². The van der Waals surface area contributed by atoms with Gasteiger partial charge in [-0.15, -0.1) is 11.8 Å². The monoisotopic (exact) mass is 295 g/mol. The molecule has 4 bridgehead atoms. The van der Waals surface area contributed by atoms with E-state index in [9.17, 15) is 14.7 Å². The maximum absolute atomic E-state index is 13.1. The number of thioether (sulfide) groups is 1. The Morgan fingerprint density at radius 2 is 1.60 bits per heavy atom. The lowest BCUT2D eigenvalue weighted by atomic mass is 9.49. The first-order valence-electron chi connectivity index (χ1n) is 7.69. The van der Waals surface area contributed by atoms with Crippen molar-refractivity contribution in [3.8, 4) is 0 Å². The first kappa shape index (κ1) is 13.0. The standard InChI is InChI=1S/C15H21NO3S/c17-13(18)12-7-20-8-16(12)14(19)15-4-9-1-10(5-15)3-11(2-9)6-15/h9-12H,1-8H2,(H,17,18)/t9?,10?,11?,12-,15?/m0/s1. The van der Waals surface area contributed by atoms with Gasteiger partial charge in [-0.2, -0.15) is 0 Å². The molecule has 110 valence electrons. The second-order valence-corrected chi connectivity index (χ2v) is 8.33. The van der Waals surface area contributed by atoms with E-state index in [1.807, 2.05) is 0 Å². The van der Waals surface area contributed by atoms with Crippen molar-refractivity contribution < 1.29 is 14.7 Å². The SMILES string of the molecule is O=C(O)[C@@H]1CSCN1C(=O)C12CC3CC(CC(C3)C1)C2. The average Bonchev–Trinajstić information content (AvgIpc) is 2.85. The second-order valence-electron chi connectivity index (χ2n) is 7.33. The van der Waals surface area contributed by atoms with E-state index in [4.69, 9.17) is 0 Å². The lowest BCUT2D eigenvalue weighted by Gasteiger charge is -2.56. The number of carbonyl (C=O) groups is 2. The van der Waals surface area contributed by atoms with Gasteiger partial charge in [0.25, 0.3) is 0 Å². The highest BCUT2D eigenvalue weighted by Crippen LogP contribution is 2.60. The predicted molar refractivity (Wildman–Crippen MR) is 76.2 cm³/mol. The van der Waals surface area contributed by atoms with Gasteiger partial charge in [0.2, 0.25) is 5.91 Å². The molecular weight excluding hydrogens is 274 g/mol. The second kappa shape index (κ2) is 4.39. The van der Waals surface area contributed by atoms with Gasteiger partial charge in [-0.3, -0.25) is 4.79 Å². The van der Waals surface area contributed by atoms with Crippen molar-refractivity contribution in [1.29, 1.82) is 0 Å². The highest BCUT2D eigenvalue weighted by Gasteiger charge is 2.56. The summed E-state index contributed by atoms with van der Waals surface area (Å²) >= 11 is 1.58. The van der Waals surface area contributed by atoms with Crippen LogP contribution in [0.3, 0.4) is 0 Å². The van der Waals surface area contributed by atoms with E-state index >= 15 is 0 Å². The average molecular weight is 295 g/mol. The van der Waals surface area contributed by atoms with Gasteiger partial charge in [0.05, 0.1) is 11.3 Å². The van der Waals surface area contributed by atoms with E-state index in [-0.39, 0.29) is 11.3 Å². The minimum Gasteiger partial charge on any atom is -0.480 e. The molecule has 0 spiro atoms. The molecule has 4 aliphatic carbocycles. The third kappa shape index (κ3) is 1.81. The Morgan fingerprint density at radius 1 is 1.05 bits per heavy atom. The molecule has 5 rings (SSSR count). The van der Waals surface area contributed by atoms with Crippen molar-refractivity contribution in [3.05, 3.63) is 0 Å². The molecule has 0 aromatic heterocycles. The number of rotatable bonds is 2. The molecule has 1 aliphatic heterocycles. The van der Waals surface area contributed by atoms with Crippen LogP contribution in [0.5, 0.6) is 0 Å². The molecule has 20 heavy (non-hydrogen) atoms. The van der Waals surface area contributed by atoms with Gasteiger partial charge in [-0.05, 0) is 56.3 Å². The summed E-state index contributed by atoms with van der Waals surface area (Å²) in [6.45, 7) is 0. The van der Waals surface area contributed by atoms with Gasteiger partial charge in [0, 0.05) is 5.75 Å². The molecule has 0 unspecified atom stereocenters. The van der Waals surface area contributed by atoms with Gasteiger partial charge >= 0.3 is 5.97 Å². The molecule has 1 atom stereocenters. The zero-order valence-electron chi connectivity index (χ0n) is 11.6. The van der Waals surface area contributed by atoms with Crippen LogP contribution < -0.4 is 0 Å². The molecule has 4 nitrogen and oxygen atoms in total. The third-order valence-corrected chi connectivity index (χ3v) is 6.93. The molecule has 4 saturated carbocycles. The Hall–Kier alpha value is -0.710. The Morgan fingerprint density at radius 3 is 2.10 bits per heavy atom. The summed E-state index contributed by atoms with van der Waals surface area (Å²) in [5.41, 5.74) is -0.201. The van der Waals surface area contributed by atoms with Gasteiger partial charge in [0.15, 0.2) is 0 Å². The summed E-state index contributed by atoms with van der Waals surface area (Å²) in [7, 11) is 0. The molecule has 1 N–H and O–H groups in total. The maximum Gasteiger partial charge on any atom is 0.327 e. The number of nitrogens with zero attached hydrogens (tertiary/aromatic N) is 1. The minimum absolute atomic E-state index is 0.161. The first-order chi connectivity index (χ1) is 9.57. The number of carboxylic acid groups (broad SMARTS) is 1. The van der Waals surface area contributed by atoms with Crippen LogP contribution in [0.2, 0.25) is 0 Å². The fourth-order valence-electron chi connectivity index (χ4n) is 5.52. The summed E-state index contributed by atoms with van der Waals surface area (Å²) in [6, 6.07) is -0.597. The van der Waals surface area contributed by atoms with Crippen molar-refractivity contribution in [2.45, 2.75) is 44.6 Å². The van der Waals surface area contributed by atoms with Crippen molar-refractivity contribution in [2.24, 2.45) is 23.2 Å². The van der Waals surface area contributed by atoms with Gasteiger partial charge < -0.3 is 10.0 Å². The lowest BCUT2D eigenvalue weighted by Crippen LogP contribution is -2.56. The zero-order valence-corrected chi connectivity index (χ0v) is 12.4. The maximum atomic E-state index is 13.1. The molecule has 0 aromatic rings. The van der Waals surface area contributed by atoms with E-state index in [0.717, 1.165) is 37.0 Å². The van der Waals surface area contributed by atoms with Crippen LogP contribution in [0, 0.1) is 23.2 Å². The molecular formula is C15H21NO3S. The quantitative estimate of drug-likeness (QED) is 0.848. The van der Waals surface area contributed by atoms with Crippen LogP contribution in [-0.2, 0) is 9.59 Å². The van der Waals surface area contributed by atoms with Crippen LogP contribution in [0.1, 0.15) is 38.5 Å². The van der Waals surface area contributed by atoms with E-state index in [1.165, 1.54) is 19.3 Å². The van der Waals surface area contributed by atoms with Crippen molar-refractivity contribution in [2.75, 3.05) is 11.6 Å². The van der Waals surface area contributed by atoms with Crippen molar-refractivity contribution >= 4 is 23.6 Å². The summed E-state index contributed by atoms with van der Waals surface area (Å²) in [4.78, 5) is 26.1. The Labute approximate surface area is 123 Å². The number of hydrogen-bond donors (Lipinski definition) is 1. The lowest BCUT2D eigenvalue weighted by molar-refractivity contribution is -0.163. The zero-order chi connectivity index (χ0) is 13.9. The van der Waals surface area contributed by atoms with Crippen LogP contribution >= 0.6 is 11.8 Å². The van der Waals surface area contributed by atoms with Crippen molar-refractivity contribution in [3.63, 3.8) is 0 Å². The van der Waals surface area contributed by atoms with Gasteiger partial charge in [-0.1, -0.05) is 0 Å². The highest BCUT2D eigenvalue weighted by molar-refractivity contribution is 7.99. The summed E-state index contributed by atoms with van der Waals surface area (Å²) in [6.07, 6.45) is 6.99. The van der Waals surface area contributed by atoms with E-state index in [2.05, 4.69) is 0 Å². The Kier molecular flexibility index (Phi) is 2.85. The van der Waals surface area contributed by atoms with Crippen LogP contribution in [0.25, 0.3) is 0 Å². The highest BCUT2D eigenvalue weighted by atomic mass is 32.2. The normalized spacial score (nSPS) is 45.9. The fourth-order valence-corrected chi connectivity index (χ4v) is 6.67. The molecule has 5 heteroatoms. The number of aliphatic carboxylic acids is 1. The van der Waals surface area contributed by atoms with Crippen LogP contribution in [0.4, 0.5) is 0 Å². The first-order valence-corrected chi connectivity index (χ1v) is 8.84. The van der Waals surface area contributed by atoms with Crippen LogP contribution in [-0.4, -0.2) is 39.6 Å². The summed E-state index contributed by atoms with van der Waals surface area (Å²) in [5.74, 6) is 2.61. The van der Waals surface area contributed by atoms with E-state index in [1.54, 1.807) is 16.7 Å². The predicted octanol–water partition coefficient (Wildman–Crippen LogP) is 2.19. The summed E-state index contributed by atoms with van der Waals surface area (Å²) < 4.78 is 0. The largest absolute Gasteiger partial charge is 0.480 e. The smallest absolute Gasteiger partial charge is 0.327 e. The summed E-state index contributed by atoms with van der Waals surface area (Å²) in [5, 5.41) is 9.31. The molecule has 0 aromatic carbocycles. The molecule has 5 aliphatic rings. The Bertz CT molecular complexity index is 429. The van der Waals surface area contributed by atoms with Gasteiger partial charge in [-0.25, -0.2) is 4.79 Å². The van der Waals surface area contributed by atoms with Gasteiger partial charge in [0.1, 0.15) is 6.04 Å². The topological polar surface area (TPSA) is 57.6 Å². The number of carbonyl (C=O) groups excluding carboxylic acids is 1. The van der Waals surface area contributed by atoms with E-state index < -0.39 is 12.0 Å².